The molecule has 19 heavy (non-hydrogen) atoms. The lowest BCUT2D eigenvalue weighted by atomic mass is 10.1. The normalized spacial score (nSPS) is 10.8. The SMILES string of the molecule is CCCCN(CC)c1ccc2c(=O)[nH][nH]c(=O)c2c1. The van der Waals surface area contributed by atoms with Crippen LogP contribution in [-0.2, 0) is 0 Å². The van der Waals surface area contributed by atoms with Crippen LogP contribution in [0.4, 0.5) is 5.69 Å². The Kier molecular flexibility index (Phi) is 4.04. The van der Waals surface area contributed by atoms with E-state index in [0.29, 0.717) is 10.8 Å². The molecule has 0 fully saturated rings. The highest BCUT2D eigenvalue weighted by Crippen LogP contribution is 2.18. The van der Waals surface area contributed by atoms with Gasteiger partial charge in [0.25, 0.3) is 11.1 Å². The number of nitrogens with one attached hydrogen (secondary N) is 2. The van der Waals surface area contributed by atoms with E-state index >= 15 is 0 Å². The van der Waals surface area contributed by atoms with Gasteiger partial charge in [0.1, 0.15) is 0 Å². The second-order valence-electron chi connectivity index (χ2n) is 4.57. The lowest BCUT2D eigenvalue weighted by Crippen LogP contribution is -2.25. The van der Waals surface area contributed by atoms with Gasteiger partial charge in [-0.2, -0.15) is 0 Å². The van der Waals surface area contributed by atoms with E-state index in [1.807, 2.05) is 6.07 Å². The molecule has 2 aromatic rings. The molecule has 1 aromatic heterocycles. The van der Waals surface area contributed by atoms with Crippen LogP contribution < -0.4 is 16.0 Å². The van der Waals surface area contributed by atoms with E-state index in [9.17, 15) is 9.59 Å². The number of hydrogen-bond acceptors (Lipinski definition) is 3. The zero-order valence-corrected chi connectivity index (χ0v) is 11.3. The second kappa shape index (κ2) is 5.73. The van der Waals surface area contributed by atoms with Crippen molar-refractivity contribution in [3.05, 3.63) is 38.9 Å². The van der Waals surface area contributed by atoms with Gasteiger partial charge in [0.15, 0.2) is 0 Å². The first-order chi connectivity index (χ1) is 9.17. The number of unbranched alkanes of at least 4 members (excludes halogenated alkanes) is 1. The van der Waals surface area contributed by atoms with Crippen LogP contribution in [-0.4, -0.2) is 23.3 Å². The minimum absolute atomic E-state index is 0.261. The first-order valence-electron chi connectivity index (χ1n) is 6.67. The molecule has 0 radical (unpaired) electrons. The molecule has 5 heteroatoms. The highest BCUT2D eigenvalue weighted by atomic mass is 16.1. The van der Waals surface area contributed by atoms with Gasteiger partial charge in [0.2, 0.25) is 0 Å². The predicted octanol–water partition coefficient (Wildman–Crippen LogP) is 1.84. The topological polar surface area (TPSA) is 69.0 Å². The summed E-state index contributed by atoms with van der Waals surface area (Å²) in [5, 5.41) is 5.56. The Morgan fingerprint density at radius 2 is 1.74 bits per heavy atom. The number of aromatic amines is 2. The lowest BCUT2D eigenvalue weighted by molar-refractivity contribution is 0.732. The van der Waals surface area contributed by atoms with E-state index in [-0.39, 0.29) is 11.1 Å². The molecule has 0 spiro atoms. The molecule has 0 aliphatic heterocycles. The van der Waals surface area contributed by atoms with Gasteiger partial charge in [-0.3, -0.25) is 19.8 Å². The lowest BCUT2D eigenvalue weighted by Gasteiger charge is -2.23. The minimum atomic E-state index is -0.266. The number of aromatic nitrogens is 2. The van der Waals surface area contributed by atoms with Crippen molar-refractivity contribution in [3.63, 3.8) is 0 Å². The molecule has 0 aliphatic carbocycles. The van der Waals surface area contributed by atoms with Crippen LogP contribution >= 0.6 is 0 Å². The Bertz CT molecular complexity index is 672. The van der Waals surface area contributed by atoms with Crippen LogP contribution in [0.25, 0.3) is 10.8 Å². The molecule has 0 saturated carbocycles. The van der Waals surface area contributed by atoms with Gasteiger partial charge >= 0.3 is 0 Å². The van der Waals surface area contributed by atoms with E-state index in [0.717, 1.165) is 31.6 Å². The van der Waals surface area contributed by atoms with Gasteiger partial charge in [-0.15, -0.1) is 0 Å². The van der Waals surface area contributed by atoms with Crippen molar-refractivity contribution in [2.24, 2.45) is 0 Å². The van der Waals surface area contributed by atoms with Crippen LogP contribution in [0.5, 0.6) is 0 Å². The Labute approximate surface area is 111 Å². The minimum Gasteiger partial charge on any atom is -0.372 e. The standard InChI is InChI=1S/C14H19N3O2/c1-3-5-8-17(4-2)10-6-7-11-12(9-10)14(19)16-15-13(11)18/h6-7,9H,3-5,8H2,1-2H3,(H,15,18)(H,16,19). The van der Waals surface area contributed by atoms with Crippen LogP contribution in [0, 0.1) is 0 Å². The summed E-state index contributed by atoms with van der Waals surface area (Å²) < 4.78 is 0. The van der Waals surface area contributed by atoms with Crippen LogP contribution in [0.2, 0.25) is 0 Å². The number of anilines is 1. The van der Waals surface area contributed by atoms with Gasteiger partial charge in [0.05, 0.1) is 10.8 Å². The molecule has 1 aromatic carbocycles. The summed E-state index contributed by atoms with van der Waals surface area (Å²) >= 11 is 0. The van der Waals surface area contributed by atoms with E-state index in [1.165, 1.54) is 0 Å². The quantitative estimate of drug-likeness (QED) is 0.863. The molecule has 0 bridgehead atoms. The van der Waals surface area contributed by atoms with Gasteiger partial charge in [0, 0.05) is 18.8 Å². The van der Waals surface area contributed by atoms with Gasteiger partial charge in [-0.1, -0.05) is 13.3 Å². The predicted molar refractivity (Wildman–Crippen MR) is 78.0 cm³/mol. The van der Waals surface area contributed by atoms with E-state index in [1.54, 1.807) is 12.1 Å². The highest BCUT2D eigenvalue weighted by Gasteiger charge is 2.08. The fourth-order valence-corrected chi connectivity index (χ4v) is 2.18. The fourth-order valence-electron chi connectivity index (χ4n) is 2.18. The van der Waals surface area contributed by atoms with E-state index in [4.69, 9.17) is 0 Å². The maximum atomic E-state index is 11.8. The summed E-state index contributed by atoms with van der Waals surface area (Å²) in [5.74, 6) is 0. The number of rotatable bonds is 5. The third-order valence-electron chi connectivity index (χ3n) is 3.31. The monoisotopic (exact) mass is 261 g/mol. The van der Waals surface area contributed by atoms with Crippen molar-refractivity contribution >= 4 is 16.5 Å². The first kappa shape index (κ1) is 13.4. The summed E-state index contributed by atoms with van der Waals surface area (Å²) in [6, 6.07) is 5.41. The number of H-pyrrole nitrogens is 2. The first-order valence-corrected chi connectivity index (χ1v) is 6.67. The van der Waals surface area contributed by atoms with Crippen LogP contribution in [0.15, 0.2) is 27.8 Å². The number of benzene rings is 1. The average Bonchev–Trinajstić information content (AvgIpc) is 2.44. The molecule has 2 N–H and O–H groups in total. The summed E-state index contributed by atoms with van der Waals surface area (Å²) in [5.41, 5.74) is 0.459. The molecule has 0 amide bonds. The summed E-state index contributed by atoms with van der Waals surface area (Å²) in [4.78, 5) is 25.6. The maximum Gasteiger partial charge on any atom is 0.270 e. The van der Waals surface area contributed by atoms with Crippen molar-refractivity contribution < 1.29 is 0 Å². The third kappa shape index (κ3) is 2.70. The van der Waals surface area contributed by atoms with Crippen molar-refractivity contribution in [2.45, 2.75) is 26.7 Å². The van der Waals surface area contributed by atoms with Gasteiger partial charge in [-0.25, -0.2) is 0 Å². The van der Waals surface area contributed by atoms with Crippen molar-refractivity contribution in [1.29, 1.82) is 0 Å². The number of nitrogens with zero attached hydrogens (tertiary/aromatic N) is 1. The van der Waals surface area contributed by atoms with Gasteiger partial charge in [-0.05, 0) is 31.5 Å². The maximum absolute atomic E-state index is 11.8. The largest absolute Gasteiger partial charge is 0.372 e. The molecule has 0 atom stereocenters. The van der Waals surface area contributed by atoms with Crippen molar-refractivity contribution in [2.75, 3.05) is 18.0 Å². The zero-order valence-electron chi connectivity index (χ0n) is 11.3. The Hall–Kier alpha value is -2.04. The molecule has 102 valence electrons. The third-order valence-corrected chi connectivity index (χ3v) is 3.31. The van der Waals surface area contributed by atoms with Crippen molar-refractivity contribution in [1.82, 2.24) is 10.2 Å². The fraction of sp³-hybridized carbons (Fsp3) is 0.429. The molecule has 0 saturated heterocycles. The van der Waals surface area contributed by atoms with E-state index < -0.39 is 0 Å². The van der Waals surface area contributed by atoms with E-state index in [2.05, 4.69) is 28.9 Å². The van der Waals surface area contributed by atoms with Crippen LogP contribution in [0.1, 0.15) is 26.7 Å². The zero-order chi connectivity index (χ0) is 13.8. The molecular formula is C14H19N3O2. The summed E-state index contributed by atoms with van der Waals surface area (Å²) in [7, 11) is 0. The molecule has 0 aliphatic rings. The summed E-state index contributed by atoms with van der Waals surface area (Å²) in [6.07, 6.45) is 2.24. The molecule has 0 unspecified atom stereocenters. The smallest absolute Gasteiger partial charge is 0.270 e. The van der Waals surface area contributed by atoms with Crippen LogP contribution in [0.3, 0.4) is 0 Å². The van der Waals surface area contributed by atoms with Gasteiger partial charge < -0.3 is 4.90 Å². The summed E-state index contributed by atoms with van der Waals surface area (Å²) in [6.45, 7) is 6.08. The second-order valence-corrected chi connectivity index (χ2v) is 4.57. The Balaban J connectivity index is 2.48. The number of fused-ring (bicyclic) bond motifs is 1. The molecule has 2 rings (SSSR count). The Morgan fingerprint density at radius 1 is 1.05 bits per heavy atom. The Morgan fingerprint density at radius 3 is 2.37 bits per heavy atom. The molecule has 5 nitrogen and oxygen atoms in total. The molecule has 1 heterocycles. The number of hydrogen-bond donors (Lipinski definition) is 2. The molecular weight excluding hydrogens is 242 g/mol. The highest BCUT2D eigenvalue weighted by molar-refractivity contribution is 5.84. The average molecular weight is 261 g/mol. The van der Waals surface area contributed by atoms with Crippen molar-refractivity contribution in [3.8, 4) is 0 Å².